The third-order valence-electron chi connectivity index (χ3n) is 4.16. The van der Waals surface area contributed by atoms with Crippen LogP contribution in [-0.4, -0.2) is 20.3 Å². The Morgan fingerprint density at radius 2 is 1.62 bits per heavy atom. The van der Waals surface area contributed by atoms with E-state index in [1.54, 1.807) is 18.2 Å². The second kappa shape index (κ2) is 5.12. The molecule has 4 aromatic rings. The summed E-state index contributed by atoms with van der Waals surface area (Å²) in [6.45, 7) is -1.04. The molecule has 3 nitrogen and oxygen atoms in total. The summed E-state index contributed by atoms with van der Waals surface area (Å²) in [5.41, 5.74) is 2.67. The van der Waals surface area contributed by atoms with Gasteiger partial charge in [-0.2, -0.15) is 13.2 Å². The molecule has 0 bridgehead atoms. The number of halogens is 3. The van der Waals surface area contributed by atoms with Crippen molar-refractivity contribution in [3.63, 3.8) is 0 Å². The molecule has 6 heteroatoms. The quantitative estimate of drug-likeness (QED) is 0.520. The molecule has 2 aromatic carbocycles. The number of aryl methyl sites for hydroxylation is 1. The van der Waals surface area contributed by atoms with E-state index < -0.39 is 12.7 Å². The van der Waals surface area contributed by atoms with Crippen LogP contribution in [0.5, 0.6) is 0 Å². The SMILES string of the molecule is Cn1c(-c2cc3ccccc3n2CC(F)(F)F)nc2ccccc21. The van der Waals surface area contributed by atoms with Crippen LogP contribution in [0.15, 0.2) is 54.6 Å². The second-order valence-electron chi connectivity index (χ2n) is 5.77. The molecule has 2 aromatic heterocycles. The Hall–Kier alpha value is -2.76. The number of fused-ring (bicyclic) bond motifs is 2. The van der Waals surface area contributed by atoms with E-state index in [0.717, 1.165) is 16.4 Å². The van der Waals surface area contributed by atoms with E-state index in [0.29, 0.717) is 17.0 Å². The Morgan fingerprint density at radius 1 is 0.958 bits per heavy atom. The van der Waals surface area contributed by atoms with Crippen LogP contribution in [0.3, 0.4) is 0 Å². The van der Waals surface area contributed by atoms with E-state index in [1.165, 1.54) is 4.57 Å². The van der Waals surface area contributed by atoms with Crippen LogP contribution < -0.4 is 0 Å². The molecule has 122 valence electrons. The predicted molar refractivity (Wildman–Crippen MR) is 87.7 cm³/mol. The predicted octanol–water partition coefficient (Wildman–Crippen LogP) is 4.76. The zero-order chi connectivity index (χ0) is 16.9. The summed E-state index contributed by atoms with van der Waals surface area (Å²) in [4.78, 5) is 4.54. The Bertz CT molecular complexity index is 1040. The van der Waals surface area contributed by atoms with Crippen LogP contribution in [0.4, 0.5) is 13.2 Å². The van der Waals surface area contributed by atoms with Gasteiger partial charge >= 0.3 is 6.18 Å². The number of alkyl halides is 3. The number of imidazole rings is 1. The molecule has 0 saturated heterocycles. The standard InChI is InChI=1S/C18H14F3N3/c1-23-15-9-5-3-7-13(15)22-17(23)16-10-12-6-2-4-8-14(12)24(16)11-18(19,20)21/h2-10H,11H2,1H3. The summed E-state index contributed by atoms with van der Waals surface area (Å²) >= 11 is 0. The maximum Gasteiger partial charge on any atom is 0.406 e. The van der Waals surface area contributed by atoms with Crippen molar-refractivity contribution in [1.29, 1.82) is 0 Å². The lowest BCUT2D eigenvalue weighted by molar-refractivity contribution is -0.139. The first kappa shape index (κ1) is 14.8. The first-order valence-corrected chi connectivity index (χ1v) is 7.51. The summed E-state index contributed by atoms with van der Waals surface area (Å²) in [5.74, 6) is 0.525. The van der Waals surface area contributed by atoms with E-state index in [1.807, 2.05) is 48.0 Å². The van der Waals surface area contributed by atoms with Crippen molar-refractivity contribution in [3.05, 3.63) is 54.6 Å². The zero-order valence-corrected chi connectivity index (χ0v) is 12.9. The van der Waals surface area contributed by atoms with E-state index in [2.05, 4.69) is 4.98 Å². The van der Waals surface area contributed by atoms with E-state index >= 15 is 0 Å². The average Bonchev–Trinajstić information content (AvgIpc) is 3.05. The molecule has 0 radical (unpaired) electrons. The van der Waals surface area contributed by atoms with Gasteiger partial charge in [0.2, 0.25) is 0 Å². The number of aromatic nitrogens is 3. The molecule has 0 aliphatic heterocycles. The lowest BCUT2D eigenvalue weighted by Gasteiger charge is -2.13. The third-order valence-corrected chi connectivity index (χ3v) is 4.16. The molecular formula is C18H14F3N3. The zero-order valence-electron chi connectivity index (χ0n) is 12.9. The molecule has 0 atom stereocenters. The van der Waals surface area contributed by atoms with Gasteiger partial charge in [0.25, 0.3) is 0 Å². The fourth-order valence-electron chi connectivity index (χ4n) is 3.12. The highest BCUT2D eigenvalue weighted by Gasteiger charge is 2.30. The number of para-hydroxylation sites is 3. The van der Waals surface area contributed by atoms with Gasteiger partial charge in [-0.1, -0.05) is 30.3 Å². The van der Waals surface area contributed by atoms with Crippen molar-refractivity contribution in [2.75, 3.05) is 0 Å². The first-order chi connectivity index (χ1) is 11.4. The molecule has 0 saturated carbocycles. The molecule has 0 aliphatic carbocycles. The van der Waals surface area contributed by atoms with Crippen molar-refractivity contribution in [3.8, 4) is 11.5 Å². The summed E-state index contributed by atoms with van der Waals surface area (Å²) in [6, 6.07) is 16.4. The summed E-state index contributed by atoms with van der Waals surface area (Å²) in [5, 5.41) is 0.767. The number of rotatable bonds is 2. The highest BCUT2D eigenvalue weighted by atomic mass is 19.4. The van der Waals surface area contributed by atoms with Crippen LogP contribution in [0.2, 0.25) is 0 Å². The number of benzene rings is 2. The molecular weight excluding hydrogens is 315 g/mol. The van der Waals surface area contributed by atoms with Crippen molar-refractivity contribution in [2.24, 2.45) is 7.05 Å². The second-order valence-corrected chi connectivity index (χ2v) is 5.77. The Morgan fingerprint density at radius 3 is 2.33 bits per heavy atom. The molecule has 0 unspecified atom stereocenters. The van der Waals surface area contributed by atoms with Gasteiger partial charge in [-0.05, 0) is 24.3 Å². The monoisotopic (exact) mass is 329 g/mol. The fourth-order valence-corrected chi connectivity index (χ4v) is 3.12. The van der Waals surface area contributed by atoms with Crippen LogP contribution in [0, 0.1) is 0 Å². The van der Waals surface area contributed by atoms with Crippen molar-refractivity contribution < 1.29 is 13.2 Å². The molecule has 0 N–H and O–H groups in total. The molecule has 0 fully saturated rings. The van der Waals surface area contributed by atoms with E-state index in [-0.39, 0.29) is 0 Å². The van der Waals surface area contributed by atoms with Gasteiger partial charge in [0.1, 0.15) is 6.54 Å². The van der Waals surface area contributed by atoms with E-state index in [9.17, 15) is 13.2 Å². The fraction of sp³-hybridized carbons (Fsp3) is 0.167. The number of hydrogen-bond acceptors (Lipinski definition) is 1. The van der Waals surface area contributed by atoms with Crippen molar-refractivity contribution in [2.45, 2.75) is 12.7 Å². The topological polar surface area (TPSA) is 22.8 Å². The largest absolute Gasteiger partial charge is 0.406 e. The highest BCUT2D eigenvalue weighted by molar-refractivity contribution is 5.88. The third kappa shape index (κ3) is 2.35. The molecule has 0 aliphatic rings. The normalized spacial score (nSPS) is 12.3. The number of nitrogens with zero attached hydrogens (tertiary/aromatic N) is 3. The maximum absolute atomic E-state index is 13.1. The van der Waals surface area contributed by atoms with Gasteiger partial charge in [-0.3, -0.25) is 0 Å². The Labute approximate surface area is 136 Å². The van der Waals surface area contributed by atoms with Crippen molar-refractivity contribution >= 4 is 21.9 Å². The molecule has 24 heavy (non-hydrogen) atoms. The summed E-state index contributed by atoms with van der Waals surface area (Å²) < 4.78 is 42.4. The molecule has 2 heterocycles. The minimum absolute atomic E-state index is 0.465. The maximum atomic E-state index is 13.1. The van der Waals surface area contributed by atoms with Crippen LogP contribution in [0.1, 0.15) is 0 Å². The van der Waals surface area contributed by atoms with Gasteiger partial charge in [-0.15, -0.1) is 0 Å². The lowest BCUT2D eigenvalue weighted by Crippen LogP contribution is -2.18. The van der Waals surface area contributed by atoms with Crippen LogP contribution in [-0.2, 0) is 13.6 Å². The Kier molecular flexibility index (Phi) is 3.16. The lowest BCUT2D eigenvalue weighted by atomic mass is 10.2. The van der Waals surface area contributed by atoms with E-state index in [4.69, 9.17) is 0 Å². The van der Waals surface area contributed by atoms with Crippen LogP contribution in [0.25, 0.3) is 33.5 Å². The smallest absolute Gasteiger partial charge is 0.329 e. The van der Waals surface area contributed by atoms with Crippen molar-refractivity contribution in [1.82, 2.24) is 14.1 Å². The molecule has 4 rings (SSSR count). The Balaban J connectivity index is 2.01. The average molecular weight is 329 g/mol. The first-order valence-electron chi connectivity index (χ1n) is 7.51. The molecule has 0 amide bonds. The minimum atomic E-state index is -4.30. The van der Waals surface area contributed by atoms with Gasteiger partial charge in [0, 0.05) is 18.0 Å². The van der Waals surface area contributed by atoms with Gasteiger partial charge < -0.3 is 9.13 Å². The van der Waals surface area contributed by atoms with Gasteiger partial charge in [0.15, 0.2) is 5.82 Å². The van der Waals surface area contributed by atoms with Crippen LogP contribution >= 0.6 is 0 Å². The van der Waals surface area contributed by atoms with Gasteiger partial charge in [-0.25, -0.2) is 4.98 Å². The minimum Gasteiger partial charge on any atom is -0.329 e. The molecule has 0 spiro atoms. The number of hydrogen-bond donors (Lipinski definition) is 0. The van der Waals surface area contributed by atoms with Gasteiger partial charge in [0.05, 0.1) is 16.7 Å². The summed E-state index contributed by atoms with van der Waals surface area (Å²) in [6.07, 6.45) is -4.30. The summed E-state index contributed by atoms with van der Waals surface area (Å²) in [7, 11) is 1.82. The highest BCUT2D eigenvalue weighted by Crippen LogP contribution is 2.32.